The third kappa shape index (κ3) is 1.65. The molecule has 2 nitrogen and oxygen atoms in total. The lowest BCUT2D eigenvalue weighted by Gasteiger charge is -2.41. The quantitative estimate of drug-likeness (QED) is 0.478. The minimum Gasteiger partial charge on any atom is -0.322 e. The van der Waals surface area contributed by atoms with E-state index in [1.165, 1.54) is 36.8 Å². The second kappa shape index (κ2) is 3.43. The van der Waals surface area contributed by atoms with Gasteiger partial charge in [-0.1, -0.05) is 12.2 Å². The summed E-state index contributed by atoms with van der Waals surface area (Å²) in [5.41, 5.74) is 6.18. The second-order valence-corrected chi connectivity index (χ2v) is 4.81. The lowest BCUT2D eigenvalue weighted by Crippen LogP contribution is -2.58. The van der Waals surface area contributed by atoms with Crippen LogP contribution in [0.25, 0.3) is 0 Å². The van der Waals surface area contributed by atoms with Crippen molar-refractivity contribution in [2.75, 3.05) is 20.1 Å². The normalized spacial score (nSPS) is 38.0. The molecule has 2 N–H and O–H groups in total. The van der Waals surface area contributed by atoms with Gasteiger partial charge in [0.25, 0.3) is 0 Å². The van der Waals surface area contributed by atoms with E-state index in [4.69, 9.17) is 5.73 Å². The van der Waals surface area contributed by atoms with Crippen LogP contribution in [0.15, 0.2) is 12.2 Å². The molecule has 0 aromatic heterocycles. The molecule has 2 aliphatic rings. The molecule has 1 aliphatic carbocycles. The number of rotatable bonds is 1. The van der Waals surface area contributed by atoms with E-state index in [1.807, 2.05) is 0 Å². The van der Waals surface area contributed by atoms with Crippen LogP contribution in [0.3, 0.4) is 0 Å². The summed E-state index contributed by atoms with van der Waals surface area (Å²) in [5.74, 6) is 0. The van der Waals surface area contributed by atoms with Crippen molar-refractivity contribution in [2.45, 2.75) is 37.8 Å². The van der Waals surface area contributed by atoms with Crippen molar-refractivity contribution in [3.05, 3.63) is 12.2 Å². The molecule has 0 aromatic rings. The average Bonchev–Trinajstić information content (AvgIpc) is 2.54. The third-order valence-corrected chi connectivity index (χ3v) is 3.84. The average molecular weight is 181 g/mol. The number of hydrogen-bond donors (Lipinski definition) is 1. The van der Waals surface area contributed by atoms with Crippen molar-refractivity contribution in [1.82, 2.24) is 0 Å². The van der Waals surface area contributed by atoms with Gasteiger partial charge in [0.15, 0.2) is 0 Å². The number of quaternary nitrogens is 1. The molecule has 0 unspecified atom stereocenters. The molecule has 0 radical (unpaired) electrons. The fraction of sp³-hybridized carbons (Fsp3) is 0.818. The van der Waals surface area contributed by atoms with E-state index in [1.54, 1.807) is 0 Å². The van der Waals surface area contributed by atoms with Gasteiger partial charge >= 0.3 is 0 Å². The third-order valence-electron chi connectivity index (χ3n) is 3.84. The zero-order valence-corrected chi connectivity index (χ0v) is 8.58. The molecule has 1 aliphatic heterocycles. The molecule has 0 spiro atoms. The minimum atomic E-state index is 0.396. The molecule has 0 aromatic carbocycles. The van der Waals surface area contributed by atoms with Crippen LogP contribution in [0.4, 0.5) is 0 Å². The van der Waals surface area contributed by atoms with Crippen molar-refractivity contribution < 1.29 is 4.48 Å². The molecule has 0 saturated carbocycles. The first-order valence-corrected chi connectivity index (χ1v) is 5.47. The Hall–Kier alpha value is -0.340. The number of hydrogen-bond acceptors (Lipinski definition) is 1. The standard InChI is InChI=1S/C11H21N2/c1-13(8-4-5-9-13)11-7-3-2-6-10(11)12/h2-3,10-11H,4-9,12H2,1H3/q+1/t10-,11-/m1/s1. The zero-order chi connectivity index (χ0) is 9.31. The first-order valence-electron chi connectivity index (χ1n) is 5.47. The maximum Gasteiger partial charge on any atom is 0.108 e. The Kier molecular flexibility index (Phi) is 2.43. The summed E-state index contributed by atoms with van der Waals surface area (Å²) >= 11 is 0. The van der Waals surface area contributed by atoms with Crippen LogP contribution < -0.4 is 5.73 Å². The molecule has 1 heterocycles. The summed E-state index contributed by atoms with van der Waals surface area (Å²) in [6.07, 6.45) is 9.61. The van der Waals surface area contributed by atoms with E-state index >= 15 is 0 Å². The first kappa shape index (κ1) is 9.22. The molecular weight excluding hydrogens is 160 g/mol. The molecule has 2 heteroatoms. The van der Waals surface area contributed by atoms with Crippen molar-refractivity contribution >= 4 is 0 Å². The van der Waals surface area contributed by atoms with E-state index in [9.17, 15) is 0 Å². The number of likely N-dealkylation sites (tertiary alicyclic amines) is 1. The predicted molar refractivity (Wildman–Crippen MR) is 55.3 cm³/mol. The van der Waals surface area contributed by atoms with Gasteiger partial charge < -0.3 is 10.2 Å². The number of likely N-dealkylation sites (N-methyl/N-ethyl adjacent to an activating group) is 1. The molecule has 1 saturated heterocycles. The fourth-order valence-corrected chi connectivity index (χ4v) is 2.93. The van der Waals surface area contributed by atoms with Crippen LogP contribution >= 0.6 is 0 Å². The molecular formula is C11H21N2+. The molecule has 74 valence electrons. The Labute approximate surface area is 81.0 Å². The summed E-state index contributed by atoms with van der Waals surface area (Å²) < 4.78 is 1.23. The van der Waals surface area contributed by atoms with E-state index in [0.717, 1.165) is 6.42 Å². The molecule has 13 heavy (non-hydrogen) atoms. The van der Waals surface area contributed by atoms with Crippen LogP contribution in [-0.2, 0) is 0 Å². The van der Waals surface area contributed by atoms with Crippen LogP contribution in [0.5, 0.6) is 0 Å². The Morgan fingerprint density at radius 3 is 2.38 bits per heavy atom. The Bertz CT molecular complexity index is 204. The van der Waals surface area contributed by atoms with Crippen molar-refractivity contribution in [2.24, 2.45) is 5.73 Å². The summed E-state index contributed by atoms with van der Waals surface area (Å²) in [5, 5.41) is 0. The summed E-state index contributed by atoms with van der Waals surface area (Å²) in [6.45, 7) is 2.68. The second-order valence-electron chi connectivity index (χ2n) is 4.81. The molecule has 2 rings (SSSR count). The topological polar surface area (TPSA) is 26.0 Å². The lowest BCUT2D eigenvalue weighted by molar-refractivity contribution is -0.923. The van der Waals surface area contributed by atoms with Crippen LogP contribution in [-0.4, -0.2) is 36.7 Å². The SMILES string of the molecule is C[N+]1([C@@H]2CC=CC[C@H]2N)CCCC1. The van der Waals surface area contributed by atoms with Gasteiger partial charge in [-0.3, -0.25) is 0 Å². The minimum absolute atomic E-state index is 0.396. The van der Waals surface area contributed by atoms with Crippen LogP contribution in [0, 0.1) is 0 Å². The van der Waals surface area contributed by atoms with Gasteiger partial charge in [-0.2, -0.15) is 0 Å². The maximum atomic E-state index is 6.18. The van der Waals surface area contributed by atoms with Crippen LogP contribution in [0.1, 0.15) is 25.7 Å². The zero-order valence-electron chi connectivity index (χ0n) is 8.58. The van der Waals surface area contributed by atoms with Crippen molar-refractivity contribution in [1.29, 1.82) is 0 Å². The van der Waals surface area contributed by atoms with Gasteiger partial charge in [-0.15, -0.1) is 0 Å². The van der Waals surface area contributed by atoms with E-state index in [-0.39, 0.29) is 0 Å². The van der Waals surface area contributed by atoms with Gasteiger partial charge in [0.1, 0.15) is 6.04 Å². The lowest BCUT2D eigenvalue weighted by atomic mass is 9.94. The highest BCUT2D eigenvalue weighted by atomic mass is 15.4. The van der Waals surface area contributed by atoms with Crippen molar-refractivity contribution in [3.63, 3.8) is 0 Å². The highest BCUT2D eigenvalue weighted by Gasteiger charge is 2.39. The fourth-order valence-electron chi connectivity index (χ4n) is 2.93. The van der Waals surface area contributed by atoms with E-state index in [0.29, 0.717) is 12.1 Å². The van der Waals surface area contributed by atoms with Crippen molar-refractivity contribution in [3.8, 4) is 0 Å². The smallest absolute Gasteiger partial charge is 0.108 e. The van der Waals surface area contributed by atoms with Gasteiger partial charge in [0.05, 0.1) is 26.2 Å². The summed E-state index contributed by atoms with van der Waals surface area (Å²) in [6, 6.07) is 1.08. The maximum absolute atomic E-state index is 6.18. The molecule has 0 bridgehead atoms. The Morgan fingerprint density at radius 1 is 1.15 bits per heavy atom. The highest BCUT2D eigenvalue weighted by Crippen LogP contribution is 2.27. The monoisotopic (exact) mass is 181 g/mol. The highest BCUT2D eigenvalue weighted by molar-refractivity contribution is 4.97. The predicted octanol–water partition coefficient (Wildman–Crippen LogP) is 1.27. The molecule has 1 fully saturated rings. The summed E-state index contributed by atoms with van der Waals surface area (Å²) in [7, 11) is 2.39. The Morgan fingerprint density at radius 2 is 1.77 bits per heavy atom. The van der Waals surface area contributed by atoms with Gasteiger partial charge in [-0.25, -0.2) is 0 Å². The number of nitrogens with zero attached hydrogens (tertiary/aromatic N) is 1. The first-order chi connectivity index (χ1) is 6.22. The number of nitrogens with two attached hydrogens (primary N) is 1. The van der Waals surface area contributed by atoms with Gasteiger partial charge in [-0.05, 0) is 6.42 Å². The van der Waals surface area contributed by atoms with Gasteiger partial charge in [0.2, 0.25) is 0 Å². The Balaban J connectivity index is 2.09. The summed E-state index contributed by atoms with van der Waals surface area (Å²) in [4.78, 5) is 0. The van der Waals surface area contributed by atoms with Gasteiger partial charge in [0, 0.05) is 19.3 Å². The molecule has 0 amide bonds. The largest absolute Gasteiger partial charge is 0.322 e. The van der Waals surface area contributed by atoms with E-state index < -0.39 is 0 Å². The van der Waals surface area contributed by atoms with E-state index in [2.05, 4.69) is 19.2 Å². The molecule has 2 atom stereocenters. The van der Waals surface area contributed by atoms with Crippen LogP contribution in [0.2, 0.25) is 0 Å².